The highest BCUT2D eigenvalue weighted by Gasteiger charge is 2.18. The molecular formula is C13H21N5O3. The van der Waals surface area contributed by atoms with Crippen LogP contribution in [0.3, 0.4) is 0 Å². The van der Waals surface area contributed by atoms with E-state index in [0.717, 1.165) is 26.2 Å². The molecule has 0 aromatic carbocycles. The predicted octanol–water partition coefficient (Wildman–Crippen LogP) is -0.715. The third-order valence-corrected chi connectivity index (χ3v) is 3.27. The maximum absolute atomic E-state index is 12.1. The van der Waals surface area contributed by atoms with Crippen LogP contribution in [0.1, 0.15) is 5.76 Å². The van der Waals surface area contributed by atoms with Crippen LogP contribution in [0, 0.1) is 6.92 Å². The fraction of sp³-hybridized carbons (Fsp3) is 0.615. The molecule has 1 aliphatic heterocycles. The molecular weight excluding hydrogens is 274 g/mol. The first-order valence-electron chi connectivity index (χ1n) is 6.95. The quantitative estimate of drug-likeness (QED) is 0.745. The molecule has 1 aromatic rings. The predicted molar refractivity (Wildman–Crippen MR) is 76.8 cm³/mol. The molecule has 0 atom stereocenters. The summed E-state index contributed by atoms with van der Waals surface area (Å²) >= 11 is 0. The Balaban J connectivity index is 1.75. The molecule has 0 aliphatic carbocycles. The van der Waals surface area contributed by atoms with Crippen LogP contribution in [-0.4, -0.2) is 73.1 Å². The topological polar surface area (TPSA) is 90.7 Å². The molecule has 0 spiro atoms. The van der Waals surface area contributed by atoms with Gasteiger partial charge in [-0.25, -0.2) is 0 Å². The van der Waals surface area contributed by atoms with E-state index in [1.807, 2.05) is 0 Å². The molecule has 8 heteroatoms. The number of aromatic nitrogens is 1. The molecule has 2 N–H and O–H groups in total. The third kappa shape index (κ3) is 4.83. The Morgan fingerprint density at radius 3 is 2.81 bits per heavy atom. The van der Waals surface area contributed by atoms with Crippen LogP contribution in [0.2, 0.25) is 0 Å². The zero-order valence-electron chi connectivity index (χ0n) is 12.4. The summed E-state index contributed by atoms with van der Waals surface area (Å²) in [7, 11) is 1.62. The van der Waals surface area contributed by atoms with Crippen LogP contribution in [0.5, 0.6) is 0 Å². The number of nitrogens with zero attached hydrogens (tertiary/aromatic N) is 3. The van der Waals surface area contributed by atoms with Crippen molar-refractivity contribution in [1.29, 1.82) is 0 Å². The van der Waals surface area contributed by atoms with Gasteiger partial charge in [-0.05, 0) is 6.92 Å². The minimum atomic E-state index is -0.292. The van der Waals surface area contributed by atoms with Crippen molar-refractivity contribution in [3.63, 3.8) is 0 Å². The smallest absolute Gasteiger partial charge is 0.245 e. The van der Waals surface area contributed by atoms with Crippen LogP contribution < -0.4 is 10.6 Å². The first-order valence-corrected chi connectivity index (χ1v) is 6.95. The average molecular weight is 295 g/mol. The molecule has 2 rings (SSSR count). The van der Waals surface area contributed by atoms with Crippen molar-refractivity contribution in [3.8, 4) is 0 Å². The molecule has 1 aromatic heterocycles. The van der Waals surface area contributed by atoms with Gasteiger partial charge in [0, 0.05) is 39.3 Å². The highest BCUT2D eigenvalue weighted by atomic mass is 16.5. The molecule has 1 fully saturated rings. The minimum Gasteiger partial charge on any atom is -0.360 e. The zero-order valence-corrected chi connectivity index (χ0v) is 12.4. The maximum atomic E-state index is 12.1. The van der Waals surface area contributed by atoms with Crippen molar-refractivity contribution in [2.24, 2.45) is 0 Å². The zero-order chi connectivity index (χ0) is 15.2. The van der Waals surface area contributed by atoms with Gasteiger partial charge in [0.15, 0.2) is 5.82 Å². The van der Waals surface area contributed by atoms with Gasteiger partial charge in [0.25, 0.3) is 0 Å². The van der Waals surface area contributed by atoms with E-state index in [2.05, 4.69) is 20.7 Å². The Hall–Kier alpha value is -1.93. The molecule has 21 heavy (non-hydrogen) atoms. The van der Waals surface area contributed by atoms with Crippen LogP contribution >= 0.6 is 0 Å². The summed E-state index contributed by atoms with van der Waals surface area (Å²) < 4.78 is 4.86. The fourth-order valence-electron chi connectivity index (χ4n) is 2.09. The Labute approximate surface area is 123 Å². The van der Waals surface area contributed by atoms with Crippen LogP contribution in [0.15, 0.2) is 10.6 Å². The maximum Gasteiger partial charge on any atom is 0.245 e. The second-order valence-electron chi connectivity index (χ2n) is 5.15. The van der Waals surface area contributed by atoms with Crippen molar-refractivity contribution >= 4 is 17.6 Å². The minimum absolute atomic E-state index is 0.00314. The van der Waals surface area contributed by atoms with E-state index in [1.165, 1.54) is 4.90 Å². The van der Waals surface area contributed by atoms with E-state index in [9.17, 15) is 9.59 Å². The molecule has 0 unspecified atom stereocenters. The van der Waals surface area contributed by atoms with E-state index in [1.54, 1.807) is 20.0 Å². The van der Waals surface area contributed by atoms with E-state index in [4.69, 9.17) is 4.52 Å². The Morgan fingerprint density at radius 1 is 1.48 bits per heavy atom. The number of likely N-dealkylation sites (N-methyl/N-ethyl adjacent to an activating group) is 1. The number of aryl methyl sites for hydroxylation is 1. The molecule has 0 saturated carbocycles. The summed E-state index contributed by atoms with van der Waals surface area (Å²) in [6.45, 7) is 5.57. The number of hydrogen-bond donors (Lipinski definition) is 2. The van der Waals surface area contributed by atoms with Gasteiger partial charge < -0.3 is 20.1 Å². The standard InChI is InChI=1S/C13H21N5O3/c1-10-7-11(16-21-10)15-12(19)8-17(2)13(20)9-18-5-3-14-4-6-18/h7,14H,3-6,8-9H2,1-2H3,(H,15,16,19). The van der Waals surface area contributed by atoms with Gasteiger partial charge in [0.05, 0.1) is 13.1 Å². The molecule has 8 nitrogen and oxygen atoms in total. The number of nitrogens with one attached hydrogen (secondary N) is 2. The summed E-state index contributed by atoms with van der Waals surface area (Å²) in [5, 5.41) is 9.50. The summed E-state index contributed by atoms with van der Waals surface area (Å²) in [5.74, 6) is 0.622. The Morgan fingerprint density at radius 2 is 2.19 bits per heavy atom. The Bertz CT molecular complexity index is 496. The summed E-state index contributed by atoms with van der Waals surface area (Å²) in [5.41, 5.74) is 0. The van der Waals surface area contributed by atoms with E-state index >= 15 is 0 Å². The third-order valence-electron chi connectivity index (χ3n) is 3.27. The van der Waals surface area contributed by atoms with Crippen molar-refractivity contribution < 1.29 is 14.1 Å². The SMILES string of the molecule is Cc1cc(NC(=O)CN(C)C(=O)CN2CCNCC2)no1. The number of hydrogen-bond acceptors (Lipinski definition) is 6. The normalized spacial score (nSPS) is 15.7. The lowest BCUT2D eigenvalue weighted by Crippen LogP contribution is -2.48. The van der Waals surface area contributed by atoms with E-state index in [-0.39, 0.29) is 18.4 Å². The average Bonchev–Trinajstić information content (AvgIpc) is 2.84. The summed E-state index contributed by atoms with van der Waals surface area (Å²) in [6, 6.07) is 1.63. The van der Waals surface area contributed by atoms with E-state index < -0.39 is 0 Å². The second kappa shape index (κ2) is 7.19. The lowest BCUT2D eigenvalue weighted by Gasteiger charge is -2.28. The lowest BCUT2D eigenvalue weighted by atomic mass is 10.3. The molecule has 1 saturated heterocycles. The molecule has 2 heterocycles. The van der Waals surface area contributed by atoms with Crippen molar-refractivity contribution in [2.75, 3.05) is 51.6 Å². The number of piperazine rings is 1. The lowest BCUT2D eigenvalue weighted by molar-refractivity contribution is -0.134. The van der Waals surface area contributed by atoms with Gasteiger partial charge in [0.1, 0.15) is 5.76 Å². The number of rotatable bonds is 5. The van der Waals surface area contributed by atoms with Crippen molar-refractivity contribution in [1.82, 2.24) is 20.3 Å². The Kier molecular flexibility index (Phi) is 5.29. The van der Waals surface area contributed by atoms with Gasteiger partial charge in [0.2, 0.25) is 11.8 Å². The van der Waals surface area contributed by atoms with Gasteiger partial charge in [-0.15, -0.1) is 0 Å². The molecule has 0 radical (unpaired) electrons. The number of carbonyl (C=O) groups excluding carboxylic acids is 2. The molecule has 1 aliphatic rings. The van der Waals surface area contributed by atoms with Gasteiger partial charge in [-0.3, -0.25) is 14.5 Å². The van der Waals surface area contributed by atoms with E-state index in [0.29, 0.717) is 18.1 Å². The van der Waals surface area contributed by atoms with Crippen molar-refractivity contribution in [2.45, 2.75) is 6.92 Å². The number of carbonyl (C=O) groups is 2. The van der Waals surface area contributed by atoms with Crippen LogP contribution in [-0.2, 0) is 9.59 Å². The highest BCUT2D eigenvalue weighted by molar-refractivity contribution is 5.93. The summed E-state index contributed by atoms with van der Waals surface area (Å²) in [6.07, 6.45) is 0. The number of amides is 2. The first kappa shape index (κ1) is 15.5. The first-order chi connectivity index (χ1) is 10.0. The van der Waals surface area contributed by atoms with Crippen LogP contribution in [0.25, 0.3) is 0 Å². The van der Waals surface area contributed by atoms with Gasteiger partial charge >= 0.3 is 0 Å². The largest absolute Gasteiger partial charge is 0.360 e. The second-order valence-corrected chi connectivity index (χ2v) is 5.15. The molecule has 0 bridgehead atoms. The fourth-order valence-corrected chi connectivity index (χ4v) is 2.09. The monoisotopic (exact) mass is 295 g/mol. The van der Waals surface area contributed by atoms with Gasteiger partial charge in [-0.2, -0.15) is 0 Å². The van der Waals surface area contributed by atoms with Crippen LogP contribution in [0.4, 0.5) is 5.82 Å². The van der Waals surface area contributed by atoms with Crippen molar-refractivity contribution in [3.05, 3.63) is 11.8 Å². The van der Waals surface area contributed by atoms with Gasteiger partial charge in [-0.1, -0.05) is 5.16 Å². The highest BCUT2D eigenvalue weighted by Crippen LogP contribution is 2.06. The number of anilines is 1. The summed E-state index contributed by atoms with van der Waals surface area (Å²) in [4.78, 5) is 27.4. The molecule has 116 valence electrons. The molecule has 2 amide bonds.